The predicted octanol–water partition coefficient (Wildman–Crippen LogP) is 6.11. The van der Waals surface area contributed by atoms with Gasteiger partial charge in [-0.15, -0.1) is 11.3 Å². The molecule has 5 heteroatoms. The fraction of sp³-hybridized carbons (Fsp3) is 0.0526. The largest absolute Gasteiger partial charge is 0.437 e. The van der Waals surface area contributed by atoms with Crippen LogP contribution in [-0.2, 0) is 0 Å². The average molecular weight is 353 g/mol. The van der Waals surface area contributed by atoms with Crippen LogP contribution in [0.3, 0.4) is 0 Å². The molecule has 0 amide bonds. The molecule has 0 aliphatic rings. The van der Waals surface area contributed by atoms with Gasteiger partial charge in [0.25, 0.3) is 0 Å². The lowest BCUT2D eigenvalue weighted by atomic mass is 10.1. The van der Waals surface area contributed by atoms with Crippen LogP contribution in [0.25, 0.3) is 21.3 Å². The van der Waals surface area contributed by atoms with E-state index >= 15 is 0 Å². The van der Waals surface area contributed by atoms with Gasteiger partial charge in [0.1, 0.15) is 16.9 Å². The molecule has 0 aliphatic carbocycles. The van der Waals surface area contributed by atoms with Crippen molar-refractivity contribution in [1.82, 2.24) is 9.97 Å². The number of aryl methyl sites for hydroxylation is 1. The van der Waals surface area contributed by atoms with E-state index in [-0.39, 0.29) is 0 Å². The Morgan fingerprint density at radius 2 is 1.88 bits per heavy atom. The zero-order valence-corrected chi connectivity index (χ0v) is 14.4. The van der Waals surface area contributed by atoms with Crippen LogP contribution in [0, 0.1) is 6.92 Å². The fourth-order valence-electron chi connectivity index (χ4n) is 2.55. The molecular weight excluding hydrogens is 340 g/mol. The molecule has 0 spiro atoms. The molecule has 2 aromatic heterocycles. The molecule has 118 valence electrons. The van der Waals surface area contributed by atoms with E-state index in [1.165, 1.54) is 6.33 Å². The second-order valence-corrected chi connectivity index (χ2v) is 6.68. The first-order valence-electron chi connectivity index (χ1n) is 7.44. The topological polar surface area (TPSA) is 35.0 Å². The lowest BCUT2D eigenvalue weighted by Crippen LogP contribution is -1.92. The molecule has 0 aliphatic heterocycles. The summed E-state index contributed by atoms with van der Waals surface area (Å²) in [6.45, 7) is 2.00. The first kappa shape index (κ1) is 15.1. The van der Waals surface area contributed by atoms with Crippen molar-refractivity contribution in [2.24, 2.45) is 0 Å². The molecule has 4 rings (SSSR count). The minimum Gasteiger partial charge on any atom is -0.437 e. The van der Waals surface area contributed by atoms with E-state index in [0.29, 0.717) is 16.7 Å². The van der Waals surface area contributed by atoms with E-state index in [9.17, 15) is 0 Å². The summed E-state index contributed by atoms with van der Waals surface area (Å²) in [5.74, 6) is 1.12. The van der Waals surface area contributed by atoms with Crippen LogP contribution in [0.4, 0.5) is 0 Å². The Hall–Kier alpha value is -2.43. The number of rotatable bonds is 3. The standard InChI is InChI=1S/C19H13ClN2OS/c1-12-7-8-15(20)16(9-12)23-18-17-14(13-5-3-2-4-6-13)10-24-19(17)22-11-21-18/h2-11H,1H3. The Morgan fingerprint density at radius 1 is 1.04 bits per heavy atom. The number of fused-ring (bicyclic) bond motifs is 1. The van der Waals surface area contributed by atoms with E-state index in [4.69, 9.17) is 16.3 Å². The van der Waals surface area contributed by atoms with E-state index in [2.05, 4.69) is 27.5 Å². The molecule has 0 N–H and O–H groups in total. The van der Waals surface area contributed by atoms with E-state index in [1.807, 2.05) is 43.3 Å². The number of aromatic nitrogens is 2. The number of ether oxygens (including phenoxy) is 1. The Balaban J connectivity index is 1.87. The highest BCUT2D eigenvalue weighted by atomic mass is 35.5. The van der Waals surface area contributed by atoms with Crippen molar-refractivity contribution in [2.45, 2.75) is 6.92 Å². The molecule has 0 atom stereocenters. The first-order chi connectivity index (χ1) is 11.7. The summed E-state index contributed by atoms with van der Waals surface area (Å²) in [7, 11) is 0. The first-order valence-corrected chi connectivity index (χ1v) is 8.70. The monoisotopic (exact) mass is 352 g/mol. The molecule has 0 saturated carbocycles. The molecule has 0 bridgehead atoms. The Bertz CT molecular complexity index is 1010. The summed E-state index contributed by atoms with van der Waals surface area (Å²) >= 11 is 7.84. The van der Waals surface area contributed by atoms with Gasteiger partial charge in [0.05, 0.1) is 10.4 Å². The Kier molecular flexibility index (Phi) is 3.92. The van der Waals surface area contributed by atoms with E-state index in [0.717, 1.165) is 26.9 Å². The van der Waals surface area contributed by atoms with Gasteiger partial charge in [0, 0.05) is 10.9 Å². The molecule has 2 aromatic carbocycles. The van der Waals surface area contributed by atoms with Gasteiger partial charge < -0.3 is 4.74 Å². The molecular formula is C19H13ClN2OS. The van der Waals surface area contributed by atoms with Crippen molar-refractivity contribution in [2.75, 3.05) is 0 Å². The van der Waals surface area contributed by atoms with Crippen LogP contribution in [0.5, 0.6) is 11.6 Å². The Morgan fingerprint density at radius 3 is 2.71 bits per heavy atom. The smallest absolute Gasteiger partial charge is 0.231 e. The summed E-state index contributed by atoms with van der Waals surface area (Å²) in [6, 6.07) is 15.8. The highest BCUT2D eigenvalue weighted by Gasteiger charge is 2.15. The lowest BCUT2D eigenvalue weighted by molar-refractivity contribution is 0.468. The normalized spacial score (nSPS) is 10.9. The summed E-state index contributed by atoms with van der Waals surface area (Å²) in [5.41, 5.74) is 3.25. The van der Waals surface area contributed by atoms with Crippen molar-refractivity contribution in [3.63, 3.8) is 0 Å². The van der Waals surface area contributed by atoms with Crippen LogP contribution >= 0.6 is 22.9 Å². The van der Waals surface area contributed by atoms with E-state index < -0.39 is 0 Å². The van der Waals surface area contributed by atoms with Gasteiger partial charge in [-0.05, 0) is 30.2 Å². The maximum Gasteiger partial charge on any atom is 0.231 e. The van der Waals surface area contributed by atoms with Crippen molar-refractivity contribution < 1.29 is 4.74 Å². The Labute approximate surface area is 148 Å². The molecule has 0 saturated heterocycles. The number of hydrogen-bond donors (Lipinski definition) is 0. The molecule has 0 radical (unpaired) electrons. The summed E-state index contributed by atoms with van der Waals surface area (Å²) < 4.78 is 6.05. The van der Waals surface area contributed by atoms with E-state index in [1.54, 1.807) is 11.3 Å². The van der Waals surface area contributed by atoms with Crippen molar-refractivity contribution in [3.8, 4) is 22.8 Å². The van der Waals surface area contributed by atoms with Crippen molar-refractivity contribution in [1.29, 1.82) is 0 Å². The number of halogens is 1. The molecule has 4 aromatic rings. The molecule has 24 heavy (non-hydrogen) atoms. The fourth-order valence-corrected chi connectivity index (χ4v) is 3.61. The third-order valence-corrected chi connectivity index (χ3v) is 4.91. The number of nitrogens with zero attached hydrogens (tertiary/aromatic N) is 2. The van der Waals surface area contributed by atoms with Crippen LogP contribution in [0.15, 0.2) is 60.2 Å². The second kappa shape index (κ2) is 6.23. The zero-order valence-electron chi connectivity index (χ0n) is 12.9. The SMILES string of the molecule is Cc1ccc(Cl)c(Oc2ncnc3scc(-c4ccccc4)c23)c1. The van der Waals surface area contributed by atoms with Crippen LogP contribution in [-0.4, -0.2) is 9.97 Å². The maximum absolute atomic E-state index is 6.26. The van der Waals surface area contributed by atoms with Gasteiger partial charge in [-0.1, -0.05) is 48.0 Å². The molecule has 3 nitrogen and oxygen atoms in total. The minimum atomic E-state index is 0.521. The highest BCUT2D eigenvalue weighted by Crippen LogP contribution is 2.40. The third kappa shape index (κ3) is 2.75. The number of thiophene rings is 1. The minimum absolute atomic E-state index is 0.521. The summed E-state index contributed by atoms with van der Waals surface area (Å²) in [6.07, 6.45) is 1.52. The van der Waals surface area contributed by atoms with Crippen molar-refractivity contribution >= 4 is 33.2 Å². The van der Waals surface area contributed by atoms with Gasteiger partial charge in [-0.3, -0.25) is 0 Å². The van der Waals surface area contributed by atoms with Crippen molar-refractivity contribution in [3.05, 3.63) is 70.8 Å². The van der Waals surface area contributed by atoms with Gasteiger partial charge in [-0.25, -0.2) is 9.97 Å². The number of hydrogen-bond acceptors (Lipinski definition) is 4. The lowest BCUT2D eigenvalue weighted by Gasteiger charge is -2.09. The van der Waals surface area contributed by atoms with Crippen LogP contribution in [0.2, 0.25) is 5.02 Å². The summed E-state index contributed by atoms with van der Waals surface area (Å²) in [5, 5.41) is 3.55. The average Bonchev–Trinajstić information content (AvgIpc) is 3.04. The number of benzene rings is 2. The highest BCUT2D eigenvalue weighted by molar-refractivity contribution is 7.17. The van der Waals surface area contributed by atoms with Crippen LogP contribution < -0.4 is 4.74 Å². The summed E-state index contributed by atoms with van der Waals surface area (Å²) in [4.78, 5) is 9.60. The zero-order chi connectivity index (χ0) is 16.5. The molecule has 2 heterocycles. The van der Waals surface area contributed by atoms with Gasteiger partial charge in [0.15, 0.2) is 0 Å². The van der Waals surface area contributed by atoms with Crippen LogP contribution in [0.1, 0.15) is 5.56 Å². The van der Waals surface area contributed by atoms with Gasteiger partial charge in [-0.2, -0.15) is 0 Å². The third-order valence-electron chi connectivity index (χ3n) is 3.71. The van der Waals surface area contributed by atoms with Gasteiger partial charge >= 0.3 is 0 Å². The molecule has 0 fully saturated rings. The predicted molar refractivity (Wildman–Crippen MR) is 99.1 cm³/mol. The van der Waals surface area contributed by atoms with Gasteiger partial charge in [0.2, 0.25) is 5.88 Å². The maximum atomic E-state index is 6.26. The second-order valence-electron chi connectivity index (χ2n) is 5.41. The molecule has 0 unspecified atom stereocenters. The quantitative estimate of drug-likeness (QED) is 0.446.